The van der Waals surface area contributed by atoms with Crippen LogP contribution in [0.25, 0.3) is 0 Å². The van der Waals surface area contributed by atoms with E-state index >= 15 is 0 Å². The number of likely N-dealkylation sites (tertiary alicyclic amines) is 1. The first-order valence-electron chi connectivity index (χ1n) is 6.95. The molecule has 0 aromatic rings. The number of urea groups is 1. The summed E-state index contributed by atoms with van der Waals surface area (Å²) in [7, 11) is 0. The van der Waals surface area contributed by atoms with Crippen LogP contribution in [0.1, 0.15) is 33.1 Å². The standard InChI is InChI=1S/C13H23N3O2/c1-3-6-15-7-4-11(5-8-15)16-9-10(2)12(17)14-13(16)18/h10-11H,3-9H2,1-2H3,(H,14,17,18). The van der Waals surface area contributed by atoms with E-state index in [4.69, 9.17) is 0 Å². The zero-order valence-corrected chi connectivity index (χ0v) is 11.3. The second kappa shape index (κ2) is 5.69. The average Bonchev–Trinajstić information content (AvgIpc) is 2.35. The van der Waals surface area contributed by atoms with Crippen molar-refractivity contribution in [1.82, 2.24) is 15.1 Å². The molecule has 1 N–H and O–H groups in total. The Morgan fingerprint density at radius 1 is 1.28 bits per heavy atom. The number of rotatable bonds is 3. The summed E-state index contributed by atoms with van der Waals surface area (Å²) in [6, 6.07) is 0.0979. The molecule has 2 fully saturated rings. The van der Waals surface area contributed by atoms with Gasteiger partial charge in [-0.1, -0.05) is 13.8 Å². The maximum Gasteiger partial charge on any atom is 0.324 e. The first-order valence-corrected chi connectivity index (χ1v) is 6.95. The van der Waals surface area contributed by atoms with Gasteiger partial charge in [-0.3, -0.25) is 10.1 Å². The predicted octanol–water partition coefficient (Wildman–Crippen LogP) is 1.05. The van der Waals surface area contributed by atoms with Crippen molar-refractivity contribution in [3.8, 4) is 0 Å². The Morgan fingerprint density at radius 2 is 1.94 bits per heavy atom. The van der Waals surface area contributed by atoms with Gasteiger partial charge in [0.1, 0.15) is 0 Å². The van der Waals surface area contributed by atoms with Crippen molar-refractivity contribution in [2.24, 2.45) is 5.92 Å². The fourth-order valence-corrected chi connectivity index (χ4v) is 2.85. The molecule has 2 heterocycles. The number of nitrogens with one attached hydrogen (secondary N) is 1. The van der Waals surface area contributed by atoms with Crippen LogP contribution in [0.4, 0.5) is 4.79 Å². The Hall–Kier alpha value is -1.10. The van der Waals surface area contributed by atoms with E-state index in [0.29, 0.717) is 12.6 Å². The first kappa shape index (κ1) is 13.3. The Kier molecular flexibility index (Phi) is 4.22. The SMILES string of the molecule is CCCN1CCC(N2CC(C)C(=O)NC2=O)CC1. The van der Waals surface area contributed by atoms with Crippen molar-refractivity contribution in [2.75, 3.05) is 26.2 Å². The Labute approximate surface area is 108 Å². The summed E-state index contributed by atoms with van der Waals surface area (Å²) >= 11 is 0. The first-order chi connectivity index (χ1) is 8.61. The lowest BCUT2D eigenvalue weighted by Gasteiger charge is -2.41. The monoisotopic (exact) mass is 253 g/mol. The van der Waals surface area contributed by atoms with Gasteiger partial charge in [-0.2, -0.15) is 0 Å². The number of carbonyl (C=O) groups excluding carboxylic acids is 2. The van der Waals surface area contributed by atoms with Crippen LogP contribution in [-0.2, 0) is 4.79 Å². The molecule has 0 bridgehead atoms. The van der Waals surface area contributed by atoms with Crippen LogP contribution in [0.5, 0.6) is 0 Å². The normalized spacial score (nSPS) is 27.4. The van der Waals surface area contributed by atoms with E-state index in [2.05, 4.69) is 17.1 Å². The minimum Gasteiger partial charge on any atom is -0.321 e. The highest BCUT2D eigenvalue weighted by atomic mass is 16.2. The lowest BCUT2D eigenvalue weighted by atomic mass is 10.00. The van der Waals surface area contributed by atoms with Gasteiger partial charge in [0.2, 0.25) is 5.91 Å². The summed E-state index contributed by atoms with van der Waals surface area (Å²) in [6.45, 7) is 7.91. The third kappa shape index (κ3) is 2.83. The molecule has 3 amide bonds. The number of piperidine rings is 1. The third-order valence-electron chi connectivity index (χ3n) is 3.95. The molecule has 0 spiro atoms. The predicted molar refractivity (Wildman–Crippen MR) is 69.2 cm³/mol. The summed E-state index contributed by atoms with van der Waals surface area (Å²) < 4.78 is 0. The highest BCUT2D eigenvalue weighted by Gasteiger charge is 2.34. The molecule has 2 aliphatic heterocycles. The zero-order valence-electron chi connectivity index (χ0n) is 11.3. The van der Waals surface area contributed by atoms with Gasteiger partial charge in [-0.05, 0) is 25.8 Å². The van der Waals surface area contributed by atoms with Crippen molar-refractivity contribution in [1.29, 1.82) is 0 Å². The molecule has 0 aromatic carbocycles. The highest BCUT2D eigenvalue weighted by Crippen LogP contribution is 2.20. The van der Waals surface area contributed by atoms with E-state index < -0.39 is 0 Å². The molecule has 5 nitrogen and oxygen atoms in total. The van der Waals surface area contributed by atoms with Gasteiger partial charge >= 0.3 is 6.03 Å². The van der Waals surface area contributed by atoms with Crippen molar-refractivity contribution in [3.63, 3.8) is 0 Å². The van der Waals surface area contributed by atoms with Crippen molar-refractivity contribution in [2.45, 2.75) is 39.2 Å². The molecule has 1 atom stereocenters. The van der Waals surface area contributed by atoms with Gasteiger partial charge in [0, 0.05) is 25.7 Å². The number of imide groups is 1. The van der Waals surface area contributed by atoms with Crippen molar-refractivity contribution < 1.29 is 9.59 Å². The molecule has 2 rings (SSSR count). The molecule has 0 saturated carbocycles. The van der Waals surface area contributed by atoms with Crippen LogP contribution in [0.3, 0.4) is 0 Å². The summed E-state index contributed by atoms with van der Waals surface area (Å²) in [5, 5.41) is 2.45. The van der Waals surface area contributed by atoms with Crippen molar-refractivity contribution in [3.05, 3.63) is 0 Å². The number of amides is 3. The average molecular weight is 253 g/mol. The van der Waals surface area contributed by atoms with Crippen LogP contribution >= 0.6 is 0 Å². The van der Waals surface area contributed by atoms with Crippen LogP contribution in [0.2, 0.25) is 0 Å². The topological polar surface area (TPSA) is 52.6 Å². The molecule has 2 saturated heterocycles. The molecule has 0 aromatic heterocycles. The number of nitrogens with zero attached hydrogens (tertiary/aromatic N) is 2. The Balaban J connectivity index is 1.89. The molecule has 102 valence electrons. The Morgan fingerprint density at radius 3 is 2.56 bits per heavy atom. The van der Waals surface area contributed by atoms with Crippen LogP contribution in [-0.4, -0.2) is 54.0 Å². The maximum atomic E-state index is 11.8. The van der Waals surface area contributed by atoms with E-state index in [1.54, 1.807) is 0 Å². The number of hydrogen-bond acceptors (Lipinski definition) is 3. The van der Waals surface area contributed by atoms with Gasteiger partial charge in [0.15, 0.2) is 0 Å². The van der Waals surface area contributed by atoms with Gasteiger partial charge < -0.3 is 9.80 Å². The van der Waals surface area contributed by atoms with E-state index in [9.17, 15) is 9.59 Å². The van der Waals surface area contributed by atoms with Crippen LogP contribution < -0.4 is 5.32 Å². The maximum absolute atomic E-state index is 11.8. The Bertz CT molecular complexity index is 324. The molecular formula is C13H23N3O2. The van der Waals surface area contributed by atoms with E-state index in [-0.39, 0.29) is 17.9 Å². The minimum absolute atomic E-state index is 0.0867. The number of hydrogen-bond donors (Lipinski definition) is 1. The second-order valence-electron chi connectivity index (χ2n) is 5.42. The third-order valence-corrected chi connectivity index (χ3v) is 3.95. The lowest BCUT2D eigenvalue weighted by Crippen LogP contribution is -2.58. The largest absolute Gasteiger partial charge is 0.324 e. The molecule has 2 aliphatic rings. The highest BCUT2D eigenvalue weighted by molar-refractivity contribution is 5.97. The van der Waals surface area contributed by atoms with E-state index in [1.165, 1.54) is 6.42 Å². The summed E-state index contributed by atoms with van der Waals surface area (Å²) in [5.41, 5.74) is 0. The molecule has 1 unspecified atom stereocenters. The summed E-state index contributed by atoms with van der Waals surface area (Å²) in [5.74, 6) is -0.226. The zero-order chi connectivity index (χ0) is 13.1. The fourth-order valence-electron chi connectivity index (χ4n) is 2.85. The van der Waals surface area contributed by atoms with Crippen LogP contribution in [0, 0.1) is 5.92 Å². The van der Waals surface area contributed by atoms with Gasteiger partial charge in [-0.25, -0.2) is 4.79 Å². The molecule has 0 radical (unpaired) electrons. The van der Waals surface area contributed by atoms with Gasteiger partial charge in [0.05, 0.1) is 5.92 Å². The minimum atomic E-state index is -0.202. The fraction of sp³-hybridized carbons (Fsp3) is 0.846. The molecule has 0 aliphatic carbocycles. The molecular weight excluding hydrogens is 230 g/mol. The summed E-state index contributed by atoms with van der Waals surface area (Å²) in [4.78, 5) is 27.5. The lowest BCUT2D eigenvalue weighted by molar-refractivity contribution is -0.125. The molecule has 5 heteroatoms. The smallest absolute Gasteiger partial charge is 0.321 e. The van der Waals surface area contributed by atoms with E-state index in [0.717, 1.165) is 32.5 Å². The van der Waals surface area contributed by atoms with Crippen LogP contribution in [0.15, 0.2) is 0 Å². The number of carbonyl (C=O) groups is 2. The van der Waals surface area contributed by atoms with Crippen molar-refractivity contribution >= 4 is 11.9 Å². The summed E-state index contributed by atoms with van der Waals surface area (Å²) in [6.07, 6.45) is 3.23. The second-order valence-corrected chi connectivity index (χ2v) is 5.42. The quantitative estimate of drug-likeness (QED) is 0.818. The molecule has 18 heavy (non-hydrogen) atoms. The van der Waals surface area contributed by atoms with Gasteiger partial charge in [0.25, 0.3) is 0 Å². The van der Waals surface area contributed by atoms with E-state index in [1.807, 2.05) is 11.8 Å². The van der Waals surface area contributed by atoms with Gasteiger partial charge in [-0.15, -0.1) is 0 Å².